The third kappa shape index (κ3) is 4.62. The molecule has 1 N–H and O–H groups in total. The van der Waals surface area contributed by atoms with E-state index in [0.717, 1.165) is 13.1 Å². The highest BCUT2D eigenvalue weighted by Crippen LogP contribution is 2.24. The molecule has 0 spiro atoms. The maximum Gasteiger partial charge on any atom is 0.261 e. The average molecular weight is 450 g/mol. The zero-order valence-corrected chi connectivity index (χ0v) is 19.1. The molecule has 1 heterocycles. The van der Waals surface area contributed by atoms with E-state index in [9.17, 15) is 13.2 Å². The molecule has 6 nitrogen and oxygen atoms in total. The Morgan fingerprint density at radius 3 is 2.25 bits per heavy atom. The van der Waals surface area contributed by atoms with Crippen LogP contribution in [0.2, 0.25) is 0 Å². The van der Waals surface area contributed by atoms with E-state index in [-0.39, 0.29) is 10.8 Å². The molecular formula is C25H27N3O3S. The molecule has 0 aliphatic carbocycles. The van der Waals surface area contributed by atoms with Crippen molar-refractivity contribution in [3.8, 4) is 0 Å². The van der Waals surface area contributed by atoms with Gasteiger partial charge in [0.25, 0.3) is 15.9 Å². The molecule has 1 fully saturated rings. The van der Waals surface area contributed by atoms with Crippen LogP contribution in [0, 0.1) is 13.8 Å². The van der Waals surface area contributed by atoms with Crippen molar-refractivity contribution in [2.24, 2.45) is 0 Å². The van der Waals surface area contributed by atoms with Crippen molar-refractivity contribution in [2.45, 2.75) is 18.7 Å². The summed E-state index contributed by atoms with van der Waals surface area (Å²) in [5.41, 5.74) is 4.59. The van der Waals surface area contributed by atoms with Crippen LogP contribution in [-0.4, -0.2) is 45.4 Å². The van der Waals surface area contributed by atoms with Gasteiger partial charge in [0, 0.05) is 43.1 Å². The van der Waals surface area contributed by atoms with Gasteiger partial charge in [0.1, 0.15) is 0 Å². The summed E-state index contributed by atoms with van der Waals surface area (Å²) in [6.07, 6.45) is 0. The Labute approximate surface area is 189 Å². The second-order valence-electron chi connectivity index (χ2n) is 8.00. The number of sulfonamides is 1. The summed E-state index contributed by atoms with van der Waals surface area (Å²) >= 11 is 0. The highest BCUT2D eigenvalue weighted by molar-refractivity contribution is 7.92. The number of piperazine rings is 1. The number of hydrogen-bond acceptors (Lipinski definition) is 4. The number of nitrogens with one attached hydrogen (secondary N) is 1. The van der Waals surface area contributed by atoms with Gasteiger partial charge in [-0.15, -0.1) is 0 Å². The van der Waals surface area contributed by atoms with Gasteiger partial charge in [-0.05, 0) is 61.4 Å². The van der Waals surface area contributed by atoms with Crippen LogP contribution in [0.4, 0.5) is 11.4 Å². The van der Waals surface area contributed by atoms with E-state index < -0.39 is 10.0 Å². The molecule has 0 bridgehead atoms. The first kappa shape index (κ1) is 21.9. The van der Waals surface area contributed by atoms with E-state index in [1.165, 1.54) is 28.9 Å². The van der Waals surface area contributed by atoms with Crippen LogP contribution >= 0.6 is 0 Å². The van der Waals surface area contributed by atoms with Crippen LogP contribution in [0.5, 0.6) is 0 Å². The molecule has 4 rings (SSSR count). The van der Waals surface area contributed by atoms with Gasteiger partial charge in [0.05, 0.1) is 4.90 Å². The Morgan fingerprint density at radius 2 is 1.53 bits per heavy atom. The summed E-state index contributed by atoms with van der Waals surface area (Å²) in [4.78, 5) is 17.4. The fourth-order valence-corrected chi connectivity index (χ4v) is 5.01. The largest absolute Gasteiger partial charge is 0.368 e. The second-order valence-corrected chi connectivity index (χ2v) is 9.68. The maximum absolute atomic E-state index is 13.1. The molecule has 32 heavy (non-hydrogen) atoms. The van der Waals surface area contributed by atoms with E-state index >= 15 is 0 Å². The third-order valence-electron chi connectivity index (χ3n) is 5.90. The highest BCUT2D eigenvalue weighted by Gasteiger charge is 2.24. The molecule has 0 radical (unpaired) electrons. The van der Waals surface area contributed by atoms with Gasteiger partial charge in [-0.3, -0.25) is 9.52 Å². The Bertz CT molecular complexity index is 1220. The Balaban J connectivity index is 1.44. The van der Waals surface area contributed by atoms with Crippen molar-refractivity contribution < 1.29 is 13.2 Å². The lowest BCUT2D eigenvalue weighted by Gasteiger charge is -2.37. The van der Waals surface area contributed by atoms with Crippen molar-refractivity contribution in [3.63, 3.8) is 0 Å². The number of carbonyl (C=O) groups excluding carboxylic acids is 1. The van der Waals surface area contributed by atoms with E-state index in [1.54, 1.807) is 42.5 Å². The zero-order valence-electron chi connectivity index (χ0n) is 18.3. The molecule has 166 valence electrons. The molecule has 1 saturated heterocycles. The highest BCUT2D eigenvalue weighted by atomic mass is 32.2. The summed E-state index contributed by atoms with van der Waals surface area (Å²) in [6, 6.07) is 21.1. The smallest absolute Gasteiger partial charge is 0.261 e. The fraction of sp³-hybridized carbons (Fsp3) is 0.240. The summed E-state index contributed by atoms with van der Waals surface area (Å²) in [5.74, 6) is -0.0913. The number of anilines is 2. The monoisotopic (exact) mass is 449 g/mol. The Morgan fingerprint density at radius 1 is 0.844 bits per heavy atom. The van der Waals surface area contributed by atoms with Crippen molar-refractivity contribution in [1.29, 1.82) is 0 Å². The normalized spacial score (nSPS) is 14.3. The number of amides is 1. The number of benzene rings is 3. The summed E-state index contributed by atoms with van der Waals surface area (Å²) in [6.45, 7) is 6.99. The minimum absolute atomic E-state index is 0.0913. The van der Waals surface area contributed by atoms with E-state index in [4.69, 9.17) is 0 Å². The van der Waals surface area contributed by atoms with Crippen molar-refractivity contribution >= 4 is 27.3 Å². The first-order valence-electron chi connectivity index (χ1n) is 10.6. The van der Waals surface area contributed by atoms with Crippen LogP contribution < -0.4 is 9.62 Å². The predicted molar refractivity (Wildman–Crippen MR) is 128 cm³/mol. The number of hydrogen-bond donors (Lipinski definition) is 1. The molecule has 3 aromatic rings. The fourth-order valence-electron chi connectivity index (χ4n) is 3.94. The summed E-state index contributed by atoms with van der Waals surface area (Å²) in [7, 11) is -3.71. The van der Waals surface area contributed by atoms with Crippen molar-refractivity contribution in [3.05, 3.63) is 89.5 Å². The minimum atomic E-state index is -3.71. The van der Waals surface area contributed by atoms with Crippen molar-refractivity contribution in [1.82, 2.24) is 4.90 Å². The number of aryl methyl sites for hydroxylation is 1. The number of carbonyl (C=O) groups is 1. The van der Waals surface area contributed by atoms with Gasteiger partial charge >= 0.3 is 0 Å². The quantitative estimate of drug-likeness (QED) is 0.638. The number of rotatable bonds is 5. The standard InChI is InChI=1S/C25H27N3O3S/c1-19-8-6-13-24(20(19)2)27-14-16-28(17-15-27)25(29)21-9-7-10-22(18-21)26-32(30,31)23-11-4-3-5-12-23/h3-13,18,26H,14-17H2,1-2H3. The van der Waals surface area contributed by atoms with Gasteiger partial charge in [-0.1, -0.05) is 36.4 Å². The van der Waals surface area contributed by atoms with Gasteiger partial charge in [0.15, 0.2) is 0 Å². The van der Waals surface area contributed by atoms with Gasteiger partial charge in [-0.25, -0.2) is 8.42 Å². The zero-order chi connectivity index (χ0) is 22.7. The van der Waals surface area contributed by atoms with Crippen LogP contribution in [0.25, 0.3) is 0 Å². The molecule has 1 amide bonds. The van der Waals surface area contributed by atoms with Gasteiger partial charge < -0.3 is 9.80 Å². The SMILES string of the molecule is Cc1cccc(N2CCN(C(=O)c3cccc(NS(=O)(=O)c4ccccc4)c3)CC2)c1C. The maximum atomic E-state index is 13.1. The number of nitrogens with zero attached hydrogens (tertiary/aromatic N) is 2. The van der Waals surface area contributed by atoms with E-state index in [0.29, 0.717) is 24.3 Å². The average Bonchev–Trinajstić information content (AvgIpc) is 2.81. The minimum Gasteiger partial charge on any atom is -0.368 e. The topological polar surface area (TPSA) is 69.7 Å². The third-order valence-corrected chi connectivity index (χ3v) is 7.30. The molecule has 1 aliphatic heterocycles. The van der Waals surface area contributed by atoms with Gasteiger partial charge in [-0.2, -0.15) is 0 Å². The molecule has 0 atom stereocenters. The Hall–Kier alpha value is -3.32. The Kier molecular flexibility index (Phi) is 6.19. The van der Waals surface area contributed by atoms with E-state index in [1.807, 2.05) is 4.90 Å². The molecule has 0 aromatic heterocycles. The lowest BCUT2D eigenvalue weighted by atomic mass is 10.1. The lowest BCUT2D eigenvalue weighted by Crippen LogP contribution is -2.49. The molecule has 7 heteroatoms. The van der Waals surface area contributed by atoms with Crippen LogP contribution in [-0.2, 0) is 10.0 Å². The lowest BCUT2D eigenvalue weighted by molar-refractivity contribution is 0.0747. The van der Waals surface area contributed by atoms with Crippen LogP contribution in [0.15, 0.2) is 77.7 Å². The molecule has 0 unspecified atom stereocenters. The van der Waals surface area contributed by atoms with E-state index in [2.05, 4.69) is 41.7 Å². The summed E-state index contributed by atoms with van der Waals surface area (Å²) < 4.78 is 27.8. The second kappa shape index (κ2) is 9.04. The molecule has 0 saturated carbocycles. The molecule has 3 aromatic carbocycles. The first-order chi connectivity index (χ1) is 15.3. The molecular weight excluding hydrogens is 422 g/mol. The molecule has 1 aliphatic rings. The summed E-state index contributed by atoms with van der Waals surface area (Å²) in [5, 5.41) is 0. The predicted octanol–water partition coefficient (Wildman–Crippen LogP) is 4.07. The van der Waals surface area contributed by atoms with Gasteiger partial charge in [0.2, 0.25) is 0 Å². The first-order valence-corrected chi connectivity index (χ1v) is 12.1. The van der Waals surface area contributed by atoms with Crippen LogP contribution in [0.1, 0.15) is 21.5 Å². The van der Waals surface area contributed by atoms with Crippen molar-refractivity contribution in [2.75, 3.05) is 35.8 Å². The van der Waals surface area contributed by atoms with Crippen LogP contribution in [0.3, 0.4) is 0 Å².